The first-order chi connectivity index (χ1) is 8.95. The number of aliphatic carboxylic acids is 1. The van der Waals surface area contributed by atoms with Crippen LogP contribution in [0.3, 0.4) is 0 Å². The van der Waals surface area contributed by atoms with Crippen molar-refractivity contribution in [1.29, 1.82) is 0 Å². The standard InChI is InChI=1S/C12H20N2O4S/c1-3-8-13(9-4-2)19(17,18)14-10-6-5-7-11(14)12(15)16/h3-4,11H,1-2,5-10H2,(H,15,16). The van der Waals surface area contributed by atoms with E-state index >= 15 is 0 Å². The number of carboxylic acid groups (broad SMARTS) is 1. The van der Waals surface area contributed by atoms with Crippen molar-refractivity contribution in [1.82, 2.24) is 8.61 Å². The molecule has 108 valence electrons. The maximum Gasteiger partial charge on any atom is 0.322 e. The van der Waals surface area contributed by atoms with E-state index in [9.17, 15) is 13.2 Å². The summed E-state index contributed by atoms with van der Waals surface area (Å²) in [5, 5.41) is 9.15. The van der Waals surface area contributed by atoms with E-state index in [1.165, 1.54) is 16.5 Å². The van der Waals surface area contributed by atoms with Gasteiger partial charge in [-0.25, -0.2) is 0 Å². The zero-order valence-corrected chi connectivity index (χ0v) is 11.7. The summed E-state index contributed by atoms with van der Waals surface area (Å²) < 4.78 is 27.2. The Balaban J connectivity index is 3.03. The fraction of sp³-hybridized carbons (Fsp3) is 0.583. The van der Waals surface area contributed by atoms with Crippen molar-refractivity contribution in [2.24, 2.45) is 0 Å². The molecule has 0 aliphatic carbocycles. The summed E-state index contributed by atoms with van der Waals surface area (Å²) >= 11 is 0. The van der Waals surface area contributed by atoms with Crippen LogP contribution in [-0.4, -0.2) is 53.8 Å². The highest BCUT2D eigenvalue weighted by Crippen LogP contribution is 2.22. The van der Waals surface area contributed by atoms with E-state index in [2.05, 4.69) is 13.2 Å². The van der Waals surface area contributed by atoms with Gasteiger partial charge in [0.05, 0.1) is 0 Å². The highest BCUT2D eigenvalue weighted by atomic mass is 32.2. The summed E-state index contributed by atoms with van der Waals surface area (Å²) in [6, 6.07) is -0.976. The number of carboxylic acids is 1. The van der Waals surface area contributed by atoms with Gasteiger partial charge >= 0.3 is 5.97 Å². The van der Waals surface area contributed by atoms with Crippen molar-refractivity contribution in [2.75, 3.05) is 19.6 Å². The lowest BCUT2D eigenvalue weighted by molar-refractivity contribution is -0.142. The lowest BCUT2D eigenvalue weighted by atomic mass is 10.1. The highest BCUT2D eigenvalue weighted by Gasteiger charge is 2.39. The largest absolute Gasteiger partial charge is 0.480 e. The fourth-order valence-corrected chi connectivity index (χ4v) is 3.89. The highest BCUT2D eigenvalue weighted by molar-refractivity contribution is 7.86. The van der Waals surface area contributed by atoms with Crippen molar-refractivity contribution in [3.05, 3.63) is 25.3 Å². The summed E-state index contributed by atoms with van der Waals surface area (Å²) in [5.74, 6) is -1.10. The van der Waals surface area contributed by atoms with E-state index in [4.69, 9.17) is 5.11 Å². The Labute approximate surface area is 114 Å². The summed E-state index contributed by atoms with van der Waals surface area (Å²) in [7, 11) is -3.80. The summed E-state index contributed by atoms with van der Waals surface area (Å²) in [5.41, 5.74) is 0. The molecular weight excluding hydrogens is 268 g/mol. The Morgan fingerprint density at radius 2 is 1.89 bits per heavy atom. The molecule has 1 fully saturated rings. The van der Waals surface area contributed by atoms with Gasteiger partial charge in [0.1, 0.15) is 6.04 Å². The zero-order valence-electron chi connectivity index (χ0n) is 10.9. The third-order valence-electron chi connectivity index (χ3n) is 3.03. The van der Waals surface area contributed by atoms with Gasteiger partial charge in [0.2, 0.25) is 0 Å². The number of carbonyl (C=O) groups is 1. The second-order valence-corrected chi connectivity index (χ2v) is 6.24. The molecule has 0 spiro atoms. The minimum Gasteiger partial charge on any atom is -0.480 e. The lowest BCUT2D eigenvalue weighted by Gasteiger charge is -2.35. The number of nitrogens with zero attached hydrogens (tertiary/aromatic N) is 2. The molecule has 0 radical (unpaired) electrons. The molecular formula is C12H20N2O4S. The number of hydrogen-bond donors (Lipinski definition) is 1. The van der Waals surface area contributed by atoms with E-state index in [0.717, 1.165) is 10.7 Å². The van der Waals surface area contributed by atoms with E-state index in [0.29, 0.717) is 12.8 Å². The number of piperidine rings is 1. The molecule has 1 atom stereocenters. The monoisotopic (exact) mass is 288 g/mol. The number of rotatable bonds is 7. The fourth-order valence-electron chi connectivity index (χ4n) is 2.13. The minimum atomic E-state index is -3.80. The molecule has 19 heavy (non-hydrogen) atoms. The second kappa shape index (κ2) is 6.83. The Morgan fingerprint density at radius 1 is 1.32 bits per heavy atom. The van der Waals surface area contributed by atoms with Crippen LogP contribution in [0.5, 0.6) is 0 Å². The normalized spacial score (nSPS) is 21.2. The topological polar surface area (TPSA) is 77.9 Å². The maximum absolute atomic E-state index is 12.5. The Hall–Kier alpha value is -1.18. The predicted octanol–water partition coefficient (Wildman–Crippen LogP) is 0.844. The second-order valence-electron chi connectivity index (χ2n) is 4.36. The molecule has 0 bridgehead atoms. The molecule has 0 amide bonds. The number of hydrogen-bond acceptors (Lipinski definition) is 3. The summed E-state index contributed by atoms with van der Waals surface area (Å²) in [6.07, 6.45) is 4.71. The van der Waals surface area contributed by atoms with E-state index in [1.807, 2.05) is 0 Å². The molecule has 0 aromatic rings. The minimum absolute atomic E-state index is 0.136. The van der Waals surface area contributed by atoms with Crippen LogP contribution in [0, 0.1) is 0 Å². The van der Waals surface area contributed by atoms with Crippen LogP contribution in [0.25, 0.3) is 0 Å². The van der Waals surface area contributed by atoms with Gasteiger partial charge in [0.15, 0.2) is 0 Å². The Bertz CT molecular complexity index is 437. The first-order valence-electron chi connectivity index (χ1n) is 6.16. The van der Waals surface area contributed by atoms with Gasteiger partial charge in [-0.05, 0) is 19.3 Å². The van der Waals surface area contributed by atoms with Crippen LogP contribution in [-0.2, 0) is 15.0 Å². The predicted molar refractivity (Wildman–Crippen MR) is 72.9 cm³/mol. The molecule has 1 aliphatic rings. The first-order valence-corrected chi connectivity index (χ1v) is 7.56. The molecule has 6 nitrogen and oxygen atoms in total. The van der Waals surface area contributed by atoms with Crippen molar-refractivity contribution < 1.29 is 18.3 Å². The lowest BCUT2D eigenvalue weighted by Crippen LogP contribution is -2.53. The van der Waals surface area contributed by atoms with Crippen LogP contribution in [0.15, 0.2) is 25.3 Å². The molecule has 1 unspecified atom stereocenters. The molecule has 1 heterocycles. The van der Waals surface area contributed by atoms with Crippen molar-refractivity contribution in [2.45, 2.75) is 25.3 Å². The van der Waals surface area contributed by atoms with Crippen LogP contribution >= 0.6 is 0 Å². The molecule has 1 N–H and O–H groups in total. The van der Waals surface area contributed by atoms with Gasteiger partial charge < -0.3 is 5.11 Å². The van der Waals surface area contributed by atoms with Gasteiger partial charge in [-0.2, -0.15) is 17.0 Å². The summed E-state index contributed by atoms with van der Waals surface area (Å²) in [6.45, 7) is 7.55. The molecule has 1 rings (SSSR count). The van der Waals surface area contributed by atoms with E-state index in [1.54, 1.807) is 0 Å². The molecule has 7 heteroatoms. The van der Waals surface area contributed by atoms with Crippen LogP contribution in [0.1, 0.15) is 19.3 Å². The average molecular weight is 288 g/mol. The average Bonchev–Trinajstić information content (AvgIpc) is 2.38. The van der Waals surface area contributed by atoms with Gasteiger partial charge in [-0.1, -0.05) is 12.2 Å². The van der Waals surface area contributed by atoms with Crippen molar-refractivity contribution in [3.63, 3.8) is 0 Å². The van der Waals surface area contributed by atoms with Gasteiger partial charge in [-0.3, -0.25) is 4.79 Å². The van der Waals surface area contributed by atoms with Gasteiger partial charge in [-0.15, -0.1) is 13.2 Å². The third-order valence-corrected chi connectivity index (χ3v) is 5.01. The molecule has 1 saturated heterocycles. The molecule has 0 aromatic carbocycles. The van der Waals surface area contributed by atoms with Gasteiger partial charge in [0.25, 0.3) is 10.2 Å². The van der Waals surface area contributed by atoms with Crippen LogP contribution < -0.4 is 0 Å². The third kappa shape index (κ3) is 3.65. The summed E-state index contributed by atoms with van der Waals surface area (Å²) in [4.78, 5) is 11.2. The smallest absolute Gasteiger partial charge is 0.322 e. The Morgan fingerprint density at radius 3 is 2.37 bits per heavy atom. The van der Waals surface area contributed by atoms with Gasteiger partial charge in [0, 0.05) is 19.6 Å². The maximum atomic E-state index is 12.5. The van der Waals surface area contributed by atoms with Crippen LogP contribution in [0.2, 0.25) is 0 Å². The molecule has 1 aliphatic heterocycles. The SMILES string of the molecule is C=CCN(CC=C)S(=O)(=O)N1CCCCC1C(=O)O. The van der Waals surface area contributed by atoms with E-state index in [-0.39, 0.29) is 19.6 Å². The van der Waals surface area contributed by atoms with Crippen molar-refractivity contribution >= 4 is 16.2 Å². The Kier molecular flexibility index (Phi) is 5.71. The van der Waals surface area contributed by atoms with E-state index < -0.39 is 22.2 Å². The first kappa shape index (κ1) is 15.9. The van der Waals surface area contributed by atoms with Crippen LogP contribution in [0.4, 0.5) is 0 Å². The quantitative estimate of drug-likeness (QED) is 0.704. The molecule has 0 saturated carbocycles. The van der Waals surface area contributed by atoms with Crippen molar-refractivity contribution in [3.8, 4) is 0 Å². The zero-order chi connectivity index (χ0) is 14.5. The molecule has 0 aromatic heterocycles.